The molecule has 0 saturated carbocycles. The fourth-order valence-corrected chi connectivity index (χ4v) is 3.41. The molecule has 2 saturated heterocycles. The van der Waals surface area contributed by atoms with Gasteiger partial charge in [-0.1, -0.05) is 6.07 Å². The van der Waals surface area contributed by atoms with E-state index in [1.807, 2.05) is 12.1 Å². The standard InChI is InChI=1S/C17H21N3O4/c21-15-5-3-13(17(24)19-15)12-2-4-14(18-9-12)20-8-7-11(10-20)1-6-16(22)23/h2,4,9,11,13H,1,3,5-8,10H2,(H,22,23)(H,19,21,24). The maximum atomic E-state index is 11.9. The zero-order chi connectivity index (χ0) is 17.1. The molecule has 2 aliphatic rings. The minimum atomic E-state index is -0.750. The Kier molecular flexibility index (Phi) is 4.78. The topological polar surface area (TPSA) is 99.6 Å². The Balaban J connectivity index is 1.60. The second kappa shape index (κ2) is 6.98. The number of carbonyl (C=O) groups is 3. The van der Waals surface area contributed by atoms with Gasteiger partial charge in [-0.25, -0.2) is 4.98 Å². The summed E-state index contributed by atoms with van der Waals surface area (Å²) in [6, 6.07) is 3.80. The largest absolute Gasteiger partial charge is 0.481 e. The average Bonchev–Trinajstić information content (AvgIpc) is 3.02. The van der Waals surface area contributed by atoms with Crippen molar-refractivity contribution in [3.63, 3.8) is 0 Å². The van der Waals surface area contributed by atoms with E-state index in [2.05, 4.69) is 15.2 Å². The predicted octanol–water partition coefficient (Wildman–Crippen LogP) is 1.29. The summed E-state index contributed by atoms with van der Waals surface area (Å²) < 4.78 is 0. The third-order valence-electron chi connectivity index (χ3n) is 4.79. The van der Waals surface area contributed by atoms with E-state index >= 15 is 0 Å². The van der Waals surface area contributed by atoms with Gasteiger partial charge in [0.15, 0.2) is 0 Å². The zero-order valence-electron chi connectivity index (χ0n) is 13.4. The van der Waals surface area contributed by atoms with Crippen LogP contribution >= 0.6 is 0 Å². The molecule has 2 atom stereocenters. The van der Waals surface area contributed by atoms with E-state index in [0.717, 1.165) is 30.9 Å². The van der Waals surface area contributed by atoms with Crippen LogP contribution < -0.4 is 10.2 Å². The Hall–Kier alpha value is -2.44. The van der Waals surface area contributed by atoms with E-state index < -0.39 is 5.97 Å². The molecule has 0 bridgehead atoms. The van der Waals surface area contributed by atoms with E-state index in [9.17, 15) is 14.4 Å². The molecule has 24 heavy (non-hydrogen) atoms. The quantitative estimate of drug-likeness (QED) is 0.789. The van der Waals surface area contributed by atoms with Gasteiger partial charge in [-0.05, 0) is 36.8 Å². The maximum absolute atomic E-state index is 11.9. The molecule has 0 aliphatic carbocycles. The number of rotatable bonds is 5. The number of nitrogens with one attached hydrogen (secondary N) is 1. The van der Waals surface area contributed by atoms with Crippen LogP contribution in [0.4, 0.5) is 5.82 Å². The molecule has 2 unspecified atom stereocenters. The normalized spacial score (nSPS) is 24.1. The van der Waals surface area contributed by atoms with E-state index in [0.29, 0.717) is 25.2 Å². The summed E-state index contributed by atoms with van der Waals surface area (Å²) in [6.07, 6.45) is 4.46. The van der Waals surface area contributed by atoms with Crippen LogP contribution in [0.15, 0.2) is 18.3 Å². The van der Waals surface area contributed by atoms with Crippen molar-refractivity contribution >= 4 is 23.6 Å². The van der Waals surface area contributed by atoms with Crippen LogP contribution in [0, 0.1) is 5.92 Å². The highest BCUT2D eigenvalue weighted by molar-refractivity contribution is 6.00. The number of hydrogen-bond acceptors (Lipinski definition) is 5. The highest BCUT2D eigenvalue weighted by Crippen LogP contribution is 2.28. The lowest BCUT2D eigenvalue weighted by Crippen LogP contribution is -2.39. The summed E-state index contributed by atoms with van der Waals surface area (Å²) in [7, 11) is 0. The van der Waals surface area contributed by atoms with Gasteiger partial charge in [0, 0.05) is 32.1 Å². The van der Waals surface area contributed by atoms with Gasteiger partial charge in [0.1, 0.15) is 5.82 Å². The highest BCUT2D eigenvalue weighted by atomic mass is 16.4. The number of anilines is 1. The van der Waals surface area contributed by atoms with Gasteiger partial charge in [0.25, 0.3) is 0 Å². The Bertz CT molecular complexity index is 644. The number of hydrogen-bond donors (Lipinski definition) is 2. The van der Waals surface area contributed by atoms with Crippen LogP contribution in [0.2, 0.25) is 0 Å². The molecule has 0 radical (unpaired) electrons. The monoisotopic (exact) mass is 331 g/mol. The third-order valence-corrected chi connectivity index (χ3v) is 4.79. The lowest BCUT2D eigenvalue weighted by molar-refractivity contribution is -0.137. The van der Waals surface area contributed by atoms with Crippen molar-refractivity contribution in [2.24, 2.45) is 5.92 Å². The molecular weight excluding hydrogens is 310 g/mol. The molecule has 3 heterocycles. The molecule has 7 heteroatoms. The number of piperidine rings is 1. The van der Waals surface area contributed by atoms with Crippen molar-refractivity contribution in [2.75, 3.05) is 18.0 Å². The molecule has 2 aliphatic heterocycles. The molecule has 3 rings (SSSR count). The van der Waals surface area contributed by atoms with Crippen LogP contribution in [0.25, 0.3) is 0 Å². The predicted molar refractivity (Wildman–Crippen MR) is 86.6 cm³/mol. The van der Waals surface area contributed by atoms with Crippen molar-refractivity contribution in [1.29, 1.82) is 0 Å². The molecule has 2 amide bonds. The summed E-state index contributed by atoms with van der Waals surface area (Å²) in [5, 5.41) is 11.1. The molecular formula is C17H21N3O4. The number of carbonyl (C=O) groups excluding carboxylic acids is 2. The van der Waals surface area contributed by atoms with Gasteiger partial charge in [0.05, 0.1) is 5.92 Å². The van der Waals surface area contributed by atoms with Gasteiger partial charge >= 0.3 is 5.97 Å². The Morgan fingerprint density at radius 1 is 1.33 bits per heavy atom. The average molecular weight is 331 g/mol. The number of pyridine rings is 1. The fraction of sp³-hybridized carbons (Fsp3) is 0.529. The van der Waals surface area contributed by atoms with Crippen molar-refractivity contribution in [3.05, 3.63) is 23.9 Å². The first-order valence-electron chi connectivity index (χ1n) is 8.29. The van der Waals surface area contributed by atoms with E-state index in [-0.39, 0.29) is 24.2 Å². The van der Waals surface area contributed by atoms with Crippen molar-refractivity contribution in [3.8, 4) is 0 Å². The van der Waals surface area contributed by atoms with Crippen LogP contribution in [0.3, 0.4) is 0 Å². The summed E-state index contributed by atoms with van der Waals surface area (Å²) in [5.41, 5.74) is 0.824. The number of imide groups is 1. The van der Waals surface area contributed by atoms with E-state index in [1.54, 1.807) is 6.20 Å². The Morgan fingerprint density at radius 3 is 2.83 bits per heavy atom. The summed E-state index contributed by atoms with van der Waals surface area (Å²) in [5.74, 6) is -0.297. The van der Waals surface area contributed by atoms with E-state index in [1.165, 1.54) is 0 Å². The number of amides is 2. The second-order valence-electron chi connectivity index (χ2n) is 6.49. The Labute approximate surface area is 140 Å². The number of carboxylic acids is 1. The van der Waals surface area contributed by atoms with Gasteiger partial charge in [-0.3, -0.25) is 19.7 Å². The van der Waals surface area contributed by atoms with Crippen molar-refractivity contribution in [1.82, 2.24) is 10.3 Å². The van der Waals surface area contributed by atoms with E-state index in [4.69, 9.17) is 5.11 Å². The zero-order valence-corrected chi connectivity index (χ0v) is 13.4. The second-order valence-corrected chi connectivity index (χ2v) is 6.49. The van der Waals surface area contributed by atoms with Gasteiger partial charge in [0.2, 0.25) is 11.8 Å². The molecule has 7 nitrogen and oxygen atoms in total. The third kappa shape index (κ3) is 3.72. The number of nitrogens with zero attached hydrogens (tertiary/aromatic N) is 2. The first-order chi connectivity index (χ1) is 11.5. The number of aromatic nitrogens is 1. The molecule has 1 aromatic heterocycles. The van der Waals surface area contributed by atoms with Gasteiger partial charge < -0.3 is 10.0 Å². The Morgan fingerprint density at radius 2 is 2.17 bits per heavy atom. The van der Waals surface area contributed by atoms with Crippen LogP contribution in [-0.2, 0) is 14.4 Å². The van der Waals surface area contributed by atoms with Crippen LogP contribution in [0.1, 0.15) is 43.6 Å². The fourth-order valence-electron chi connectivity index (χ4n) is 3.41. The van der Waals surface area contributed by atoms with Crippen molar-refractivity contribution < 1.29 is 19.5 Å². The number of carboxylic acid groups (broad SMARTS) is 1. The molecule has 0 aromatic carbocycles. The lowest BCUT2D eigenvalue weighted by atomic mass is 9.92. The van der Waals surface area contributed by atoms with Crippen LogP contribution in [-0.4, -0.2) is 41.0 Å². The summed E-state index contributed by atoms with van der Waals surface area (Å²) in [4.78, 5) is 40.4. The first-order valence-corrected chi connectivity index (χ1v) is 8.29. The highest BCUT2D eigenvalue weighted by Gasteiger charge is 2.29. The minimum absolute atomic E-state index is 0.209. The molecule has 128 valence electrons. The maximum Gasteiger partial charge on any atom is 0.303 e. The SMILES string of the molecule is O=C(O)CCC1CCN(c2ccc(C3CCC(=O)NC3=O)cn2)C1. The summed E-state index contributed by atoms with van der Waals surface area (Å²) in [6.45, 7) is 1.69. The first kappa shape index (κ1) is 16.4. The molecule has 1 aromatic rings. The lowest BCUT2D eigenvalue weighted by Gasteiger charge is -2.22. The van der Waals surface area contributed by atoms with Gasteiger partial charge in [-0.2, -0.15) is 0 Å². The molecule has 2 N–H and O–H groups in total. The molecule has 2 fully saturated rings. The smallest absolute Gasteiger partial charge is 0.303 e. The van der Waals surface area contributed by atoms with Crippen LogP contribution in [0.5, 0.6) is 0 Å². The molecule has 0 spiro atoms. The van der Waals surface area contributed by atoms with Crippen molar-refractivity contribution in [2.45, 2.75) is 38.0 Å². The summed E-state index contributed by atoms with van der Waals surface area (Å²) >= 11 is 0. The number of aliphatic carboxylic acids is 1. The minimum Gasteiger partial charge on any atom is -0.481 e. The van der Waals surface area contributed by atoms with Gasteiger partial charge in [-0.15, -0.1) is 0 Å².